The summed E-state index contributed by atoms with van der Waals surface area (Å²) in [7, 11) is 0. The van der Waals surface area contributed by atoms with E-state index in [9.17, 15) is 4.79 Å². The summed E-state index contributed by atoms with van der Waals surface area (Å²) in [5.74, 6) is 0.666. The Kier molecular flexibility index (Phi) is 3.50. The first-order chi connectivity index (χ1) is 12.8. The first kappa shape index (κ1) is 15.2. The van der Waals surface area contributed by atoms with Crippen LogP contribution in [0.1, 0.15) is 5.56 Å². The second kappa shape index (κ2) is 6.00. The van der Waals surface area contributed by atoms with E-state index < -0.39 is 6.10 Å². The Morgan fingerprint density at radius 2 is 2.04 bits per heavy atom. The standard InChI is InChI=1S/C20H15N3O2S/c24-19(18-11-14-3-1-2-4-17(14)25-18)21-15-7-5-13(6-8-15)16-12-23-9-10-26-20(23)22-16/h1-10,12,18H,11H2,(H,21,24)/t18-/m1/s1. The van der Waals surface area contributed by atoms with Crippen molar-refractivity contribution in [3.8, 4) is 17.0 Å². The minimum atomic E-state index is -0.480. The van der Waals surface area contributed by atoms with Crippen LogP contribution in [0.4, 0.5) is 5.69 Å². The molecule has 0 bridgehead atoms. The van der Waals surface area contributed by atoms with Crippen LogP contribution in [0.25, 0.3) is 16.2 Å². The Bertz CT molecular complexity index is 1040. The summed E-state index contributed by atoms with van der Waals surface area (Å²) < 4.78 is 7.74. The molecule has 0 aliphatic carbocycles. The molecule has 1 aliphatic heterocycles. The molecule has 0 fully saturated rings. The third-order valence-electron chi connectivity index (χ3n) is 4.48. The number of benzene rings is 2. The van der Waals surface area contributed by atoms with Crippen LogP contribution in [0.5, 0.6) is 5.75 Å². The lowest BCUT2D eigenvalue weighted by Gasteiger charge is -2.11. The van der Waals surface area contributed by atoms with Gasteiger partial charge in [0.2, 0.25) is 0 Å². The van der Waals surface area contributed by atoms with Gasteiger partial charge in [-0.3, -0.25) is 9.20 Å². The molecule has 0 unspecified atom stereocenters. The Morgan fingerprint density at radius 3 is 2.85 bits per heavy atom. The monoisotopic (exact) mass is 361 g/mol. The molecule has 0 saturated heterocycles. The quantitative estimate of drug-likeness (QED) is 0.600. The predicted molar refractivity (Wildman–Crippen MR) is 102 cm³/mol. The second-order valence-corrected chi connectivity index (χ2v) is 7.08. The number of thiazole rings is 1. The van der Waals surface area contributed by atoms with Crippen molar-refractivity contribution in [3.05, 3.63) is 71.9 Å². The summed E-state index contributed by atoms with van der Waals surface area (Å²) in [4.78, 5) is 18.0. The van der Waals surface area contributed by atoms with Crippen molar-refractivity contribution in [2.75, 3.05) is 5.32 Å². The summed E-state index contributed by atoms with van der Waals surface area (Å²) in [6.45, 7) is 0. The van der Waals surface area contributed by atoms with Crippen LogP contribution < -0.4 is 10.1 Å². The summed E-state index contributed by atoms with van der Waals surface area (Å²) in [6.07, 6.45) is 4.12. The zero-order valence-corrected chi connectivity index (χ0v) is 14.6. The molecule has 2 aromatic carbocycles. The zero-order valence-electron chi connectivity index (χ0n) is 13.8. The lowest BCUT2D eigenvalue weighted by Crippen LogP contribution is -2.31. The molecule has 4 aromatic rings. The Hall–Kier alpha value is -3.12. The molecule has 2 aromatic heterocycles. The molecule has 6 heteroatoms. The van der Waals surface area contributed by atoms with Crippen LogP contribution in [0.3, 0.4) is 0 Å². The van der Waals surface area contributed by atoms with Gasteiger partial charge in [0.05, 0.1) is 5.69 Å². The highest BCUT2D eigenvalue weighted by molar-refractivity contribution is 7.15. The number of aromatic nitrogens is 2. The van der Waals surface area contributed by atoms with Gasteiger partial charge in [-0.25, -0.2) is 4.98 Å². The summed E-state index contributed by atoms with van der Waals surface area (Å²) in [5, 5.41) is 4.94. The average molecular weight is 361 g/mol. The third kappa shape index (κ3) is 2.64. The third-order valence-corrected chi connectivity index (χ3v) is 5.25. The van der Waals surface area contributed by atoms with Gasteiger partial charge in [-0.15, -0.1) is 11.3 Å². The van der Waals surface area contributed by atoms with E-state index in [0.29, 0.717) is 6.42 Å². The molecule has 0 saturated carbocycles. The van der Waals surface area contributed by atoms with Crippen molar-refractivity contribution in [1.29, 1.82) is 0 Å². The number of fused-ring (bicyclic) bond motifs is 2. The number of imidazole rings is 1. The summed E-state index contributed by atoms with van der Waals surface area (Å²) in [6, 6.07) is 15.5. The maximum atomic E-state index is 12.5. The molecule has 5 nitrogen and oxygen atoms in total. The van der Waals surface area contributed by atoms with Crippen molar-refractivity contribution < 1.29 is 9.53 Å². The number of ether oxygens (including phenoxy) is 1. The van der Waals surface area contributed by atoms with Gasteiger partial charge < -0.3 is 10.1 Å². The van der Waals surface area contributed by atoms with Gasteiger partial charge in [0.25, 0.3) is 5.91 Å². The molecule has 1 atom stereocenters. The molecular formula is C20H15N3O2S. The zero-order chi connectivity index (χ0) is 17.5. The van der Waals surface area contributed by atoms with Gasteiger partial charge in [-0.2, -0.15) is 0 Å². The number of nitrogens with zero attached hydrogens (tertiary/aromatic N) is 2. The van der Waals surface area contributed by atoms with Crippen LogP contribution in [-0.4, -0.2) is 21.4 Å². The SMILES string of the molecule is O=C(Nc1ccc(-c2cn3ccsc3n2)cc1)[C@H]1Cc2ccccc2O1. The number of hydrogen-bond acceptors (Lipinski definition) is 4. The van der Waals surface area contributed by atoms with Crippen molar-refractivity contribution in [2.45, 2.75) is 12.5 Å². The summed E-state index contributed by atoms with van der Waals surface area (Å²) in [5.41, 5.74) is 3.76. The highest BCUT2D eigenvalue weighted by Gasteiger charge is 2.28. The van der Waals surface area contributed by atoms with Crippen molar-refractivity contribution in [1.82, 2.24) is 9.38 Å². The number of rotatable bonds is 3. The molecule has 0 spiro atoms. The fourth-order valence-electron chi connectivity index (χ4n) is 3.14. The Balaban J connectivity index is 1.29. The van der Waals surface area contributed by atoms with E-state index in [1.165, 1.54) is 0 Å². The van der Waals surface area contributed by atoms with Crippen LogP contribution >= 0.6 is 11.3 Å². The van der Waals surface area contributed by atoms with Crippen LogP contribution in [-0.2, 0) is 11.2 Å². The average Bonchev–Trinajstić information content (AvgIpc) is 3.36. The topological polar surface area (TPSA) is 55.6 Å². The first-order valence-electron chi connectivity index (χ1n) is 8.34. The van der Waals surface area contributed by atoms with E-state index in [4.69, 9.17) is 4.74 Å². The largest absolute Gasteiger partial charge is 0.480 e. The van der Waals surface area contributed by atoms with E-state index in [1.807, 2.05) is 70.7 Å². The van der Waals surface area contributed by atoms with E-state index in [0.717, 1.165) is 33.2 Å². The highest BCUT2D eigenvalue weighted by atomic mass is 32.1. The van der Waals surface area contributed by atoms with Gasteiger partial charge >= 0.3 is 0 Å². The fraction of sp³-hybridized carbons (Fsp3) is 0.100. The number of carbonyl (C=O) groups is 1. The smallest absolute Gasteiger partial charge is 0.265 e. The van der Waals surface area contributed by atoms with Crippen molar-refractivity contribution >= 4 is 27.9 Å². The number of anilines is 1. The first-order valence-corrected chi connectivity index (χ1v) is 9.22. The number of carbonyl (C=O) groups excluding carboxylic acids is 1. The molecule has 26 heavy (non-hydrogen) atoms. The highest BCUT2D eigenvalue weighted by Crippen LogP contribution is 2.29. The molecule has 128 valence electrons. The molecule has 0 radical (unpaired) electrons. The Morgan fingerprint density at radius 1 is 1.19 bits per heavy atom. The van der Waals surface area contributed by atoms with Gasteiger partial charge in [0.15, 0.2) is 11.1 Å². The maximum absolute atomic E-state index is 12.5. The summed E-state index contributed by atoms with van der Waals surface area (Å²) >= 11 is 1.60. The number of amides is 1. The normalized spacial score (nSPS) is 15.6. The van der Waals surface area contributed by atoms with Gasteiger partial charge in [-0.05, 0) is 23.8 Å². The Labute approximate surface area is 153 Å². The number of para-hydroxylation sites is 1. The molecular weight excluding hydrogens is 346 g/mol. The molecule has 5 rings (SSSR count). The van der Waals surface area contributed by atoms with E-state index >= 15 is 0 Å². The van der Waals surface area contributed by atoms with E-state index in [2.05, 4.69) is 10.3 Å². The van der Waals surface area contributed by atoms with Crippen molar-refractivity contribution in [2.24, 2.45) is 0 Å². The van der Waals surface area contributed by atoms with Gasteiger partial charge in [0.1, 0.15) is 5.75 Å². The molecule has 1 aliphatic rings. The van der Waals surface area contributed by atoms with Gasteiger partial charge in [0, 0.05) is 35.4 Å². The van der Waals surface area contributed by atoms with E-state index in [1.54, 1.807) is 11.3 Å². The maximum Gasteiger partial charge on any atom is 0.265 e. The number of nitrogens with one attached hydrogen (secondary N) is 1. The van der Waals surface area contributed by atoms with Gasteiger partial charge in [-0.1, -0.05) is 30.3 Å². The van der Waals surface area contributed by atoms with Crippen LogP contribution in [0.15, 0.2) is 66.3 Å². The predicted octanol–water partition coefficient (Wildman–Crippen LogP) is 4.01. The van der Waals surface area contributed by atoms with E-state index in [-0.39, 0.29) is 5.91 Å². The minimum Gasteiger partial charge on any atom is -0.480 e. The lowest BCUT2D eigenvalue weighted by atomic mass is 10.1. The second-order valence-electron chi connectivity index (χ2n) is 6.20. The van der Waals surface area contributed by atoms with Crippen molar-refractivity contribution in [3.63, 3.8) is 0 Å². The number of hydrogen-bond donors (Lipinski definition) is 1. The molecule has 3 heterocycles. The molecule has 1 amide bonds. The fourth-order valence-corrected chi connectivity index (χ4v) is 3.84. The molecule has 1 N–H and O–H groups in total. The van der Waals surface area contributed by atoms with Crippen LogP contribution in [0.2, 0.25) is 0 Å². The van der Waals surface area contributed by atoms with Crippen LogP contribution in [0, 0.1) is 0 Å². The lowest BCUT2D eigenvalue weighted by molar-refractivity contribution is -0.122. The minimum absolute atomic E-state index is 0.128.